The monoisotopic (exact) mass is 313 g/mol. The number of hydrogen-bond donors (Lipinski definition) is 1. The first-order chi connectivity index (χ1) is 11.3. The van der Waals surface area contributed by atoms with Gasteiger partial charge < -0.3 is 15.2 Å². The third-order valence-electron chi connectivity index (χ3n) is 5.55. The maximum absolute atomic E-state index is 6.25. The van der Waals surface area contributed by atoms with Crippen LogP contribution < -0.4 is 5.73 Å². The van der Waals surface area contributed by atoms with Crippen LogP contribution in [-0.2, 0) is 6.54 Å². The van der Waals surface area contributed by atoms with Gasteiger partial charge in [0.05, 0.1) is 0 Å². The predicted molar refractivity (Wildman–Crippen MR) is 98.9 cm³/mol. The van der Waals surface area contributed by atoms with E-state index in [0.717, 1.165) is 19.0 Å². The van der Waals surface area contributed by atoms with Crippen LogP contribution in [0.15, 0.2) is 30.5 Å². The van der Waals surface area contributed by atoms with Crippen molar-refractivity contribution in [2.45, 2.75) is 45.6 Å². The number of fused-ring (bicyclic) bond motifs is 1. The second-order valence-corrected chi connectivity index (χ2v) is 6.91. The number of para-hydroxylation sites is 1. The van der Waals surface area contributed by atoms with E-state index in [1.807, 2.05) is 0 Å². The molecule has 0 spiro atoms. The fraction of sp³-hybridized carbons (Fsp3) is 0.600. The minimum Gasteiger partial charge on any atom is -0.347 e. The Hall–Kier alpha value is -1.32. The van der Waals surface area contributed by atoms with Crippen LogP contribution in [0.3, 0.4) is 0 Å². The highest BCUT2D eigenvalue weighted by Gasteiger charge is 2.28. The first-order valence-corrected chi connectivity index (χ1v) is 9.28. The molecule has 2 N–H and O–H groups in total. The van der Waals surface area contributed by atoms with Gasteiger partial charge >= 0.3 is 0 Å². The number of benzene rings is 1. The van der Waals surface area contributed by atoms with E-state index < -0.39 is 0 Å². The van der Waals surface area contributed by atoms with E-state index in [1.54, 1.807) is 0 Å². The number of likely N-dealkylation sites (tertiary alicyclic amines) is 1. The zero-order valence-electron chi connectivity index (χ0n) is 14.7. The summed E-state index contributed by atoms with van der Waals surface area (Å²) in [5, 5.41) is 1.40. The van der Waals surface area contributed by atoms with E-state index in [-0.39, 0.29) is 0 Å². The largest absolute Gasteiger partial charge is 0.347 e. The van der Waals surface area contributed by atoms with E-state index >= 15 is 0 Å². The van der Waals surface area contributed by atoms with Gasteiger partial charge in [0.15, 0.2) is 0 Å². The lowest BCUT2D eigenvalue weighted by Gasteiger charge is -2.35. The predicted octanol–water partition coefficient (Wildman–Crippen LogP) is 3.83. The van der Waals surface area contributed by atoms with Crippen molar-refractivity contribution in [1.82, 2.24) is 9.47 Å². The molecule has 1 aromatic carbocycles. The van der Waals surface area contributed by atoms with Crippen molar-refractivity contribution in [3.63, 3.8) is 0 Å². The Balaban J connectivity index is 1.84. The Morgan fingerprint density at radius 2 is 1.91 bits per heavy atom. The summed E-state index contributed by atoms with van der Waals surface area (Å²) >= 11 is 0. The molecule has 1 aliphatic heterocycles. The van der Waals surface area contributed by atoms with E-state index in [9.17, 15) is 0 Å². The molecule has 3 rings (SSSR count). The zero-order valence-corrected chi connectivity index (χ0v) is 14.7. The van der Waals surface area contributed by atoms with Crippen molar-refractivity contribution < 1.29 is 0 Å². The molecule has 0 amide bonds. The molecular formula is C20H31N3. The molecule has 0 saturated carbocycles. The molecule has 3 heteroatoms. The normalized spacial score (nSPS) is 18.6. The number of nitrogens with zero attached hydrogens (tertiary/aromatic N) is 2. The van der Waals surface area contributed by atoms with Gasteiger partial charge in [0.1, 0.15) is 0 Å². The standard InChI is InChI=1S/C20H31N3/c1-3-11-22-12-9-16(10-13-22)18(14-21)19-15-23(4-2)20-8-6-5-7-17(19)20/h5-8,15-16,18H,3-4,9-14,21H2,1-2H3. The van der Waals surface area contributed by atoms with Crippen LogP contribution in [0.2, 0.25) is 0 Å². The molecule has 23 heavy (non-hydrogen) atoms. The van der Waals surface area contributed by atoms with Gasteiger partial charge in [0.2, 0.25) is 0 Å². The Labute approximate surface area is 140 Å². The Kier molecular flexibility index (Phi) is 5.39. The first-order valence-electron chi connectivity index (χ1n) is 9.28. The molecule has 0 aliphatic carbocycles. The average molecular weight is 313 g/mol. The van der Waals surface area contributed by atoms with E-state index in [1.165, 1.54) is 55.4 Å². The molecule has 2 aromatic rings. The summed E-state index contributed by atoms with van der Waals surface area (Å²) in [5.74, 6) is 1.22. The molecule has 1 aromatic heterocycles. The van der Waals surface area contributed by atoms with Gasteiger partial charge in [0, 0.05) is 29.6 Å². The highest BCUT2D eigenvalue weighted by Crippen LogP contribution is 2.36. The van der Waals surface area contributed by atoms with Gasteiger partial charge in [0.25, 0.3) is 0 Å². The van der Waals surface area contributed by atoms with Crippen molar-refractivity contribution >= 4 is 10.9 Å². The molecule has 1 atom stereocenters. The molecule has 1 fully saturated rings. The maximum Gasteiger partial charge on any atom is 0.0483 e. The van der Waals surface area contributed by atoms with Crippen LogP contribution >= 0.6 is 0 Å². The van der Waals surface area contributed by atoms with Crippen LogP contribution in [0.5, 0.6) is 0 Å². The smallest absolute Gasteiger partial charge is 0.0483 e. The lowest BCUT2D eigenvalue weighted by Crippen LogP contribution is -2.37. The van der Waals surface area contributed by atoms with Crippen molar-refractivity contribution in [3.05, 3.63) is 36.0 Å². The lowest BCUT2D eigenvalue weighted by molar-refractivity contribution is 0.169. The van der Waals surface area contributed by atoms with Crippen molar-refractivity contribution in [2.75, 3.05) is 26.2 Å². The van der Waals surface area contributed by atoms with Gasteiger partial charge in [-0.15, -0.1) is 0 Å². The summed E-state index contributed by atoms with van der Waals surface area (Å²) in [7, 11) is 0. The molecule has 1 saturated heterocycles. The molecule has 1 aliphatic rings. The van der Waals surface area contributed by atoms with Crippen LogP contribution in [0.1, 0.15) is 44.6 Å². The zero-order chi connectivity index (χ0) is 16.2. The first kappa shape index (κ1) is 16.5. The number of hydrogen-bond acceptors (Lipinski definition) is 2. The number of nitrogens with two attached hydrogens (primary N) is 1. The fourth-order valence-corrected chi connectivity index (χ4v) is 4.30. The Morgan fingerprint density at radius 3 is 2.57 bits per heavy atom. The third-order valence-corrected chi connectivity index (χ3v) is 5.55. The second kappa shape index (κ2) is 7.50. The van der Waals surface area contributed by atoms with Crippen molar-refractivity contribution in [2.24, 2.45) is 11.7 Å². The number of aryl methyl sites for hydroxylation is 1. The van der Waals surface area contributed by atoms with Gasteiger partial charge in [-0.2, -0.15) is 0 Å². The van der Waals surface area contributed by atoms with Gasteiger partial charge in [-0.25, -0.2) is 0 Å². The number of aromatic nitrogens is 1. The molecule has 1 unspecified atom stereocenters. The Morgan fingerprint density at radius 1 is 1.17 bits per heavy atom. The molecule has 126 valence electrons. The van der Waals surface area contributed by atoms with Crippen molar-refractivity contribution in [3.8, 4) is 0 Å². The highest BCUT2D eigenvalue weighted by molar-refractivity contribution is 5.84. The summed E-state index contributed by atoms with van der Waals surface area (Å²) in [5.41, 5.74) is 9.07. The van der Waals surface area contributed by atoms with Crippen LogP contribution in [0.25, 0.3) is 10.9 Å². The van der Waals surface area contributed by atoms with Gasteiger partial charge in [-0.3, -0.25) is 0 Å². The SMILES string of the molecule is CCCN1CCC(C(CN)c2cn(CC)c3ccccc23)CC1. The minimum absolute atomic E-state index is 0.497. The third kappa shape index (κ3) is 3.31. The molecular weight excluding hydrogens is 282 g/mol. The van der Waals surface area contributed by atoms with Crippen LogP contribution in [-0.4, -0.2) is 35.6 Å². The van der Waals surface area contributed by atoms with Crippen LogP contribution in [0.4, 0.5) is 0 Å². The Bertz CT molecular complexity index is 623. The fourth-order valence-electron chi connectivity index (χ4n) is 4.30. The summed E-state index contributed by atoms with van der Waals surface area (Å²) in [6, 6.07) is 8.80. The summed E-state index contributed by atoms with van der Waals surface area (Å²) in [6.07, 6.45) is 6.19. The quantitative estimate of drug-likeness (QED) is 0.879. The number of piperidine rings is 1. The summed E-state index contributed by atoms with van der Waals surface area (Å²) < 4.78 is 2.37. The average Bonchev–Trinajstić information content (AvgIpc) is 2.96. The second-order valence-electron chi connectivity index (χ2n) is 6.91. The van der Waals surface area contributed by atoms with Gasteiger partial charge in [-0.05, 0) is 69.9 Å². The molecule has 2 heterocycles. The lowest BCUT2D eigenvalue weighted by atomic mass is 9.80. The van der Waals surface area contributed by atoms with Crippen molar-refractivity contribution in [1.29, 1.82) is 0 Å². The van der Waals surface area contributed by atoms with E-state index in [4.69, 9.17) is 5.73 Å². The minimum atomic E-state index is 0.497. The summed E-state index contributed by atoms with van der Waals surface area (Å²) in [4.78, 5) is 2.61. The van der Waals surface area contributed by atoms with Crippen LogP contribution in [0, 0.1) is 5.92 Å². The topological polar surface area (TPSA) is 34.2 Å². The highest BCUT2D eigenvalue weighted by atomic mass is 15.1. The molecule has 0 bridgehead atoms. The molecule has 0 radical (unpaired) electrons. The number of rotatable bonds is 6. The molecule has 3 nitrogen and oxygen atoms in total. The van der Waals surface area contributed by atoms with E-state index in [0.29, 0.717) is 5.92 Å². The van der Waals surface area contributed by atoms with Gasteiger partial charge in [-0.1, -0.05) is 25.1 Å². The summed E-state index contributed by atoms with van der Waals surface area (Å²) in [6.45, 7) is 9.99. The maximum atomic E-state index is 6.25. The van der Waals surface area contributed by atoms with E-state index in [2.05, 4.69) is 53.8 Å².